The fraction of sp³-hybridized carbons (Fsp3) is 0.222. The van der Waals surface area contributed by atoms with Crippen LogP contribution in [0, 0.1) is 0 Å². The zero-order valence-electron chi connectivity index (χ0n) is 6.59. The highest BCUT2D eigenvalue weighted by Gasteiger charge is 1.87. The quantitative estimate of drug-likeness (QED) is 0.417. The van der Waals surface area contributed by atoms with Crippen LogP contribution in [0.15, 0.2) is 41.1 Å². The van der Waals surface area contributed by atoms with Gasteiger partial charge in [0.05, 0.1) is 0 Å². The van der Waals surface area contributed by atoms with Gasteiger partial charge in [-0.1, -0.05) is 18.7 Å². The van der Waals surface area contributed by atoms with Crippen molar-refractivity contribution in [2.75, 3.05) is 0 Å². The maximum Gasteiger partial charge on any atom is 0.0295 e. The molecule has 0 aromatic carbocycles. The van der Waals surface area contributed by atoms with Gasteiger partial charge in [-0.2, -0.15) is 0 Å². The minimum atomic E-state index is 0.981. The summed E-state index contributed by atoms with van der Waals surface area (Å²) < 4.78 is 0. The van der Waals surface area contributed by atoms with Crippen molar-refractivity contribution in [1.82, 2.24) is 0 Å². The summed E-state index contributed by atoms with van der Waals surface area (Å²) in [7, 11) is 0. The Bertz CT molecular complexity index is 185. The van der Waals surface area contributed by atoms with Gasteiger partial charge in [0.1, 0.15) is 0 Å². The summed E-state index contributed by atoms with van der Waals surface area (Å²) in [5.41, 5.74) is 2.03. The SMILES string of the molecule is C=NC=C(C)C(=C)C=CC. The maximum absolute atomic E-state index is 3.82. The highest BCUT2D eigenvalue weighted by Crippen LogP contribution is 2.07. The fourth-order valence-electron chi connectivity index (χ4n) is 0.552. The molecule has 0 saturated heterocycles. The summed E-state index contributed by atoms with van der Waals surface area (Å²) in [4.78, 5) is 3.63. The minimum absolute atomic E-state index is 0.981. The third-order valence-corrected chi connectivity index (χ3v) is 1.16. The molecule has 54 valence electrons. The first-order valence-corrected chi connectivity index (χ1v) is 3.17. The van der Waals surface area contributed by atoms with Gasteiger partial charge >= 0.3 is 0 Å². The molecule has 0 saturated carbocycles. The summed E-state index contributed by atoms with van der Waals surface area (Å²) in [6, 6.07) is 0. The molecule has 0 aromatic rings. The van der Waals surface area contributed by atoms with E-state index in [1.807, 2.05) is 26.0 Å². The van der Waals surface area contributed by atoms with E-state index in [-0.39, 0.29) is 0 Å². The Labute approximate surface area is 62.5 Å². The second-order valence-electron chi connectivity index (χ2n) is 2.02. The molecule has 1 nitrogen and oxygen atoms in total. The third kappa shape index (κ3) is 3.02. The van der Waals surface area contributed by atoms with E-state index < -0.39 is 0 Å². The van der Waals surface area contributed by atoms with E-state index in [9.17, 15) is 0 Å². The monoisotopic (exact) mass is 135 g/mol. The van der Waals surface area contributed by atoms with Gasteiger partial charge in [-0.15, -0.1) is 0 Å². The minimum Gasteiger partial charge on any atom is -0.272 e. The fourth-order valence-corrected chi connectivity index (χ4v) is 0.552. The molecule has 0 unspecified atom stereocenters. The van der Waals surface area contributed by atoms with Crippen LogP contribution in [0.1, 0.15) is 13.8 Å². The Morgan fingerprint density at radius 1 is 1.50 bits per heavy atom. The topological polar surface area (TPSA) is 12.4 Å². The second-order valence-corrected chi connectivity index (χ2v) is 2.02. The summed E-state index contributed by atoms with van der Waals surface area (Å²) >= 11 is 0. The van der Waals surface area contributed by atoms with Crippen LogP contribution in [0.3, 0.4) is 0 Å². The Morgan fingerprint density at radius 3 is 2.50 bits per heavy atom. The average molecular weight is 135 g/mol. The van der Waals surface area contributed by atoms with Crippen LogP contribution in [-0.2, 0) is 0 Å². The molecule has 1 heteroatoms. The molecular weight excluding hydrogens is 122 g/mol. The number of aliphatic imine (C=N–C) groups is 1. The van der Waals surface area contributed by atoms with Gasteiger partial charge in [-0.05, 0) is 31.7 Å². The summed E-state index contributed by atoms with van der Waals surface area (Å²) in [5, 5.41) is 0. The number of rotatable bonds is 3. The normalized spacial score (nSPS) is 12.0. The van der Waals surface area contributed by atoms with Crippen LogP contribution in [0.5, 0.6) is 0 Å². The molecular formula is C9H13N. The molecule has 0 aromatic heterocycles. The van der Waals surface area contributed by atoms with Crippen LogP contribution in [0.4, 0.5) is 0 Å². The van der Waals surface area contributed by atoms with Gasteiger partial charge in [-0.25, -0.2) is 0 Å². The van der Waals surface area contributed by atoms with Crippen LogP contribution < -0.4 is 0 Å². The zero-order valence-corrected chi connectivity index (χ0v) is 6.59. The van der Waals surface area contributed by atoms with E-state index in [1.54, 1.807) is 6.20 Å². The van der Waals surface area contributed by atoms with Crippen molar-refractivity contribution < 1.29 is 0 Å². The Morgan fingerprint density at radius 2 is 2.10 bits per heavy atom. The summed E-state index contributed by atoms with van der Waals surface area (Å²) in [5.74, 6) is 0. The molecule has 0 bridgehead atoms. The lowest BCUT2D eigenvalue weighted by Crippen LogP contribution is -1.75. The largest absolute Gasteiger partial charge is 0.272 e. The van der Waals surface area contributed by atoms with Crippen LogP contribution in [0.2, 0.25) is 0 Å². The van der Waals surface area contributed by atoms with Gasteiger partial charge in [0.25, 0.3) is 0 Å². The molecule has 0 N–H and O–H groups in total. The zero-order chi connectivity index (χ0) is 7.98. The van der Waals surface area contributed by atoms with E-state index >= 15 is 0 Å². The van der Waals surface area contributed by atoms with Gasteiger partial charge in [0.2, 0.25) is 0 Å². The van der Waals surface area contributed by atoms with Crippen molar-refractivity contribution in [1.29, 1.82) is 0 Å². The van der Waals surface area contributed by atoms with Gasteiger partial charge < -0.3 is 0 Å². The van der Waals surface area contributed by atoms with Crippen LogP contribution in [0.25, 0.3) is 0 Å². The molecule has 10 heavy (non-hydrogen) atoms. The first-order chi connectivity index (χ1) is 4.72. The Balaban J connectivity index is 4.21. The molecule has 0 rings (SSSR count). The standard InChI is InChI=1S/C9H13N/c1-5-6-8(2)9(3)7-10-4/h5-7H,2,4H2,1,3H3. The van der Waals surface area contributed by atoms with Crippen molar-refractivity contribution in [2.24, 2.45) is 4.99 Å². The summed E-state index contributed by atoms with van der Waals surface area (Å²) in [6.45, 7) is 11.1. The second kappa shape index (κ2) is 4.74. The predicted molar refractivity (Wildman–Crippen MR) is 47.3 cm³/mol. The number of hydrogen-bond acceptors (Lipinski definition) is 1. The molecule has 0 aliphatic heterocycles. The maximum atomic E-state index is 3.82. The highest BCUT2D eigenvalue weighted by atomic mass is 14.6. The number of allylic oxidation sites excluding steroid dienone is 4. The molecule has 0 fully saturated rings. The molecule has 0 aliphatic carbocycles. The van der Waals surface area contributed by atoms with E-state index in [0.29, 0.717) is 0 Å². The van der Waals surface area contributed by atoms with Crippen LogP contribution >= 0.6 is 0 Å². The first-order valence-electron chi connectivity index (χ1n) is 3.17. The summed E-state index contributed by atoms with van der Waals surface area (Å²) in [6.07, 6.45) is 5.59. The lowest BCUT2D eigenvalue weighted by Gasteiger charge is -1.95. The Kier molecular flexibility index (Phi) is 4.21. The van der Waals surface area contributed by atoms with E-state index in [2.05, 4.69) is 18.3 Å². The van der Waals surface area contributed by atoms with E-state index in [1.165, 1.54) is 0 Å². The molecule has 0 atom stereocenters. The predicted octanol–water partition coefficient (Wildman–Crippen LogP) is 2.72. The van der Waals surface area contributed by atoms with Gasteiger partial charge in [-0.3, -0.25) is 4.99 Å². The lowest BCUT2D eigenvalue weighted by atomic mass is 10.1. The number of nitrogens with zero attached hydrogens (tertiary/aromatic N) is 1. The first kappa shape index (κ1) is 8.89. The molecule has 0 spiro atoms. The van der Waals surface area contributed by atoms with Crippen molar-refractivity contribution in [3.8, 4) is 0 Å². The van der Waals surface area contributed by atoms with Crippen LogP contribution in [-0.4, -0.2) is 6.72 Å². The average Bonchev–Trinajstić information content (AvgIpc) is 1.89. The lowest BCUT2D eigenvalue weighted by molar-refractivity contribution is 1.38. The Hall–Kier alpha value is -1.11. The van der Waals surface area contributed by atoms with Crippen molar-refractivity contribution in [2.45, 2.75) is 13.8 Å². The molecule has 0 amide bonds. The van der Waals surface area contributed by atoms with Crippen molar-refractivity contribution >= 4 is 6.72 Å². The molecule has 0 heterocycles. The number of hydrogen-bond donors (Lipinski definition) is 0. The van der Waals surface area contributed by atoms with Gasteiger partial charge in [0, 0.05) is 6.20 Å². The van der Waals surface area contributed by atoms with E-state index in [0.717, 1.165) is 11.1 Å². The molecule has 0 radical (unpaired) electrons. The smallest absolute Gasteiger partial charge is 0.0295 e. The van der Waals surface area contributed by atoms with Crippen molar-refractivity contribution in [3.63, 3.8) is 0 Å². The highest BCUT2D eigenvalue weighted by molar-refractivity contribution is 5.37. The van der Waals surface area contributed by atoms with Gasteiger partial charge in [0.15, 0.2) is 0 Å². The van der Waals surface area contributed by atoms with Crippen molar-refractivity contribution in [3.05, 3.63) is 36.1 Å². The molecule has 0 aliphatic rings. The van der Waals surface area contributed by atoms with E-state index in [4.69, 9.17) is 0 Å². The third-order valence-electron chi connectivity index (χ3n) is 1.16.